The average molecular weight is 469 g/mol. The van der Waals surface area contributed by atoms with Crippen LogP contribution in [-0.2, 0) is 17.1 Å². The van der Waals surface area contributed by atoms with Crippen LogP contribution in [-0.4, -0.2) is 38.1 Å². The molecule has 24 heavy (non-hydrogen) atoms. The van der Waals surface area contributed by atoms with Crippen molar-refractivity contribution in [2.24, 2.45) is 17.8 Å². The molecule has 1 fully saturated rings. The highest BCUT2D eigenvalue weighted by Crippen LogP contribution is 2.16. The lowest BCUT2D eigenvalue weighted by Gasteiger charge is -2.16. The SMILES string of the molecule is Cn1ccc(S(=O)(=O)NCCN=C(N)NC2CCCCCC2)c1.I. The van der Waals surface area contributed by atoms with Crippen LogP contribution < -0.4 is 15.8 Å². The van der Waals surface area contributed by atoms with Gasteiger partial charge in [-0.25, -0.2) is 13.1 Å². The van der Waals surface area contributed by atoms with Crippen LogP contribution in [0.3, 0.4) is 0 Å². The predicted molar refractivity (Wildman–Crippen MR) is 107 cm³/mol. The third kappa shape index (κ3) is 6.98. The molecule has 0 atom stereocenters. The molecule has 1 aromatic rings. The van der Waals surface area contributed by atoms with E-state index in [0.717, 1.165) is 12.8 Å². The fraction of sp³-hybridized carbons (Fsp3) is 0.667. The zero-order valence-electron chi connectivity index (χ0n) is 14.1. The maximum atomic E-state index is 12.0. The molecule has 1 heterocycles. The highest BCUT2D eigenvalue weighted by atomic mass is 127. The third-order valence-electron chi connectivity index (χ3n) is 4.01. The molecule has 4 N–H and O–H groups in total. The van der Waals surface area contributed by atoms with Crippen molar-refractivity contribution in [1.82, 2.24) is 14.6 Å². The van der Waals surface area contributed by atoms with E-state index < -0.39 is 10.0 Å². The number of aliphatic imine (C=N–C) groups is 1. The van der Waals surface area contributed by atoms with Crippen LogP contribution in [0.25, 0.3) is 0 Å². The van der Waals surface area contributed by atoms with Crippen molar-refractivity contribution in [3.63, 3.8) is 0 Å². The van der Waals surface area contributed by atoms with Gasteiger partial charge in [0.15, 0.2) is 5.96 Å². The molecule has 7 nitrogen and oxygen atoms in total. The van der Waals surface area contributed by atoms with Crippen molar-refractivity contribution in [3.8, 4) is 0 Å². The summed E-state index contributed by atoms with van der Waals surface area (Å²) in [4.78, 5) is 4.46. The minimum absolute atomic E-state index is 0. The minimum atomic E-state index is -3.47. The molecule has 1 aliphatic rings. The summed E-state index contributed by atoms with van der Waals surface area (Å²) in [5.74, 6) is 0.399. The van der Waals surface area contributed by atoms with E-state index in [1.54, 1.807) is 30.1 Å². The molecule has 1 aliphatic carbocycles. The first-order valence-corrected chi connectivity index (χ1v) is 9.64. The fourth-order valence-electron chi connectivity index (χ4n) is 2.75. The second-order valence-corrected chi connectivity index (χ2v) is 7.78. The van der Waals surface area contributed by atoms with Crippen molar-refractivity contribution in [3.05, 3.63) is 18.5 Å². The maximum absolute atomic E-state index is 12.0. The van der Waals surface area contributed by atoms with Crippen molar-refractivity contribution >= 4 is 40.0 Å². The summed E-state index contributed by atoms with van der Waals surface area (Å²) in [6, 6.07) is 1.95. The monoisotopic (exact) mass is 469 g/mol. The third-order valence-corrected chi connectivity index (χ3v) is 5.45. The van der Waals surface area contributed by atoms with Crippen molar-refractivity contribution in [2.45, 2.75) is 49.5 Å². The van der Waals surface area contributed by atoms with E-state index in [9.17, 15) is 8.42 Å². The Hall–Kier alpha value is -0.810. The summed E-state index contributed by atoms with van der Waals surface area (Å²) in [6.07, 6.45) is 10.5. The normalized spacial score (nSPS) is 17.1. The maximum Gasteiger partial charge on any atom is 0.242 e. The highest BCUT2D eigenvalue weighted by Gasteiger charge is 2.14. The molecule has 0 amide bonds. The molecule has 0 radical (unpaired) electrons. The lowest BCUT2D eigenvalue weighted by atomic mass is 10.1. The molecule has 9 heteroatoms. The molecule has 1 aromatic heterocycles. The molecule has 0 bridgehead atoms. The molecule has 1 saturated carbocycles. The van der Waals surface area contributed by atoms with Crippen LogP contribution in [0.4, 0.5) is 0 Å². The Labute approximate surface area is 161 Å². The van der Waals surface area contributed by atoms with Gasteiger partial charge < -0.3 is 15.6 Å². The molecular formula is C15H28IN5O2S. The summed E-state index contributed by atoms with van der Waals surface area (Å²) in [5.41, 5.74) is 5.88. The van der Waals surface area contributed by atoms with Gasteiger partial charge in [-0.05, 0) is 18.9 Å². The lowest BCUT2D eigenvalue weighted by molar-refractivity contribution is 0.530. The number of sulfonamides is 1. The van der Waals surface area contributed by atoms with E-state index in [0.29, 0.717) is 18.5 Å². The van der Waals surface area contributed by atoms with Crippen LogP contribution in [0.1, 0.15) is 38.5 Å². The van der Waals surface area contributed by atoms with E-state index in [1.165, 1.54) is 25.7 Å². The second kappa shape index (κ2) is 10.2. The number of nitrogens with one attached hydrogen (secondary N) is 2. The van der Waals surface area contributed by atoms with Crippen LogP contribution in [0.5, 0.6) is 0 Å². The van der Waals surface area contributed by atoms with E-state index in [1.807, 2.05) is 0 Å². The van der Waals surface area contributed by atoms with Crippen LogP contribution in [0.2, 0.25) is 0 Å². The number of rotatable bonds is 6. The van der Waals surface area contributed by atoms with Gasteiger partial charge in [0, 0.05) is 32.0 Å². The number of halogens is 1. The van der Waals surface area contributed by atoms with E-state index in [-0.39, 0.29) is 35.4 Å². The number of hydrogen-bond acceptors (Lipinski definition) is 3. The smallest absolute Gasteiger partial charge is 0.242 e. The molecule has 0 spiro atoms. The summed E-state index contributed by atoms with van der Waals surface area (Å²) >= 11 is 0. The Bertz CT molecular complexity index is 622. The van der Waals surface area contributed by atoms with Crippen LogP contribution >= 0.6 is 24.0 Å². The van der Waals surface area contributed by atoms with E-state index >= 15 is 0 Å². The van der Waals surface area contributed by atoms with Crippen LogP contribution in [0.15, 0.2) is 28.3 Å². The second-order valence-electron chi connectivity index (χ2n) is 6.01. The molecule has 0 aliphatic heterocycles. The van der Waals surface area contributed by atoms with Gasteiger partial charge in [-0.2, -0.15) is 0 Å². The lowest BCUT2D eigenvalue weighted by Crippen LogP contribution is -2.40. The first kappa shape index (κ1) is 21.2. The van der Waals surface area contributed by atoms with Gasteiger partial charge in [0.05, 0.1) is 11.4 Å². The van der Waals surface area contributed by atoms with Crippen molar-refractivity contribution in [1.29, 1.82) is 0 Å². The standard InChI is InChI=1S/C15H27N5O2S.HI/c1-20-11-8-14(12-20)23(21,22)18-10-9-17-15(16)19-13-6-4-2-3-5-7-13;/h8,11-13,18H,2-7,9-10H2,1H3,(H3,16,17,19);1H. The Morgan fingerprint density at radius 1 is 1.33 bits per heavy atom. The highest BCUT2D eigenvalue weighted by molar-refractivity contribution is 14.0. The largest absolute Gasteiger partial charge is 0.370 e. The molecule has 0 unspecified atom stereocenters. The number of guanidine groups is 1. The number of nitrogens with two attached hydrogens (primary N) is 1. The number of aromatic nitrogens is 1. The Kier molecular flexibility index (Phi) is 9.06. The summed E-state index contributed by atoms with van der Waals surface area (Å²) in [6.45, 7) is 0.544. The van der Waals surface area contributed by atoms with Gasteiger partial charge >= 0.3 is 0 Å². The fourth-order valence-corrected chi connectivity index (χ4v) is 3.83. The van der Waals surface area contributed by atoms with Gasteiger partial charge in [-0.1, -0.05) is 25.7 Å². The predicted octanol–water partition coefficient (Wildman–Crippen LogP) is 1.55. The van der Waals surface area contributed by atoms with Gasteiger partial charge in [-0.15, -0.1) is 24.0 Å². The zero-order valence-corrected chi connectivity index (χ0v) is 17.2. The van der Waals surface area contributed by atoms with Gasteiger partial charge in [0.25, 0.3) is 0 Å². The van der Waals surface area contributed by atoms with Gasteiger partial charge in [0.1, 0.15) is 0 Å². The van der Waals surface area contributed by atoms with E-state index in [4.69, 9.17) is 5.73 Å². The minimum Gasteiger partial charge on any atom is -0.370 e. The van der Waals surface area contributed by atoms with Crippen molar-refractivity contribution < 1.29 is 8.42 Å². The topological polar surface area (TPSA) is 102 Å². The molecule has 0 saturated heterocycles. The number of nitrogens with zero attached hydrogens (tertiary/aromatic N) is 2. The molecule has 0 aromatic carbocycles. The number of aryl methyl sites for hydroxylation is 1. The van der Waals surface area contributed by atoms with E-state index in [2.05, 4.69) is 15.0 Å². The Balaban J connectivity index is 0.00000288. The Morgan fingerprint density at radius 2 is 2.00 bits per heavy atom. The van der Waals surface area contributed by atoms with Crippen LogP contribution in [0, 0.1) is 0 Å². The molecular weight excluding hydrogens is 441 g/mol. The zero-order chi connectivity index (χ0) is 16.7. The Morgan fingerprint density at radius 3 is 2.58 bits per heavy atom. The first-order valence-electron chi connectivity index (χ1n) is 8.15. The molecule has 138 valence electrons. The van der Waals surface area contributed by atoms with Crippen molar-refractivity contribution in [2.75, 3.05) is 13.1 Å². The first-order chi connectivity index (χ1) is 11.0. The van der Waals surface area contributed by atoms with Gasteiger partial charge in [-0.3, -0.25) is 4.99 Å². The quantitative estimate of drug-likeness (QED) is 0.194. The summed E-state index contributed by atoms with van der Waals surface area (Å²) < 4.78 is 28.3. The molecule has 2 rings (SSSR count). The van der Waals surface area contributed by atoms with Gasteiger partial charge in [0.2, 0.25) is 10.0 Å². The summed E-state index contributed by atoms with van der Waals surface area (Å²) in [5, 5.41) is 3.24. The average Bonchev–Trinajstić information content (AvgIpc) is 2.79. The summed E-state index contributed by atoms with van der Waals surface area (Å²) in [7, 11) is -1.69. The number of hydrogen-bond donors (Lipinski definition) is 3.